The molecule has 28 heavy (non-hydrogen) atoms. The topological polar surface area (TPSA) is 39.7 Å². The minimum atomic E-state index is -0.978. The molecule has 0 unspecified atom stereocenters. The number of rotatable bonds is 6. The lowest BCUT2D eigenvalue weighted by Crippen LogP contribution is -2.39. The van der Waals surface area contributed by atoms with E-state index < -0.39 is 5.79 Å². The predicted molar refractivity (Wildman–Crippen MR) is 120 cm³/mol. The fourth-order valence-corrected chi connectivity index (χ4v) is 3.63. The van der Waals surface area contributed by atoms with Crippen molar-refractivity contribution in [2.24, 2.45) is 0 Å². The number of hydrogen-bond acceptors (Lipinski definition) is 4. The number of hydrogen-bond donors (Lipinski definition) is 1. The Hall–Kier alpha value is -1.64. The molecule has 3 rings (SSSR count). The zero-order chi connectivity index (χ0) is 19.6. The first-order valence-corrected chi connectivity index (χ1v) is 8.99. The minimum Gasteiger partial charge on any atom is -0.493 e. The maximum Gasteiger partial charge on any atom is 0.247 e. The fourth-order valence-electron chi connectivity index (χ4n) is 3.63. The summed E-state index contributed by atoms with van der Waals surface area (Å²) in [4.78, 5) is 0. The molecule has 2 aromatic carbocycles. The largest absolute Gasteiger partial charge is 0.493 e. The van der Waals surface area contributed by atoms with E-state index in [1.54, 1.807) is 33.5 Å². The summed E-state index contributed by atoms with van der Waals surface area (Å²) < 4.78 is 30.5. The number of methoxy groups -OCH3 is 3. The first-order chi connectivity index (χ1) is 13.0. The molecule has 0 aliphatic carbocycles. The molecule has 1 aliphatic heterocycles. The van der Waals surface area contributed by atoms with E-state index in [1.807, 2.05) is 12.1 Å². The SMILES string of the molecule is COC1=C(c2c(-c3ccc(F)cc3)cccc2C(C)C)NCC1(OC)OC.I. The molecule has 2 aromatic rings. The van der Waals surface area contributed by atoms with Crippen LogP contribution in [0.3, 0.4) is 0 Å². The van der Waals surface area contributed by atoms with Crippen LogP contribution < -0.4 is 5.32 Å². The lowest BCUT2D eigenvalue weighted by molar-refractivity contribution is -0.188. The summed E-state index contributed by atoms with van der Waals surface area (Å²) in [6, 6.07) is 12.7. The number of benzene rings is 2. The molecule has 0 saturated carbocycles. The van der Waals surface area contributed by atoms with Crippen molar-refractivity contribution in [3.05, 3.63) is 65.2 Å². The van der Waals surface area contributed by atoms with Crippen LogP contribution in [-0.4, -0.2) is 33.7 Å². The van der Waals surface area contributed by atoms with Crippen LogP contribution >= 0.6 is 24.0 Å². The number of nitrogens with one attached hydrogen (secondary N) is 1. The molecule has 1 heterocycles. The van der Waals surface area contributed by atoms with Crippen molar-refractivity contribution in [1.29, 1.82) is 0 Å². The molecule has 0 aromatic heterocycles. The van der Waals surface area contributed by atoms with E-state index in [4.69, 9.17) is 14.2 Å². The molecule has 0 radical (unpaired) electrons. The highest BCUT2D eigenvalue weighted by Gasteiger charge is 2.45. The molecule has 0 bridgehead atoms. The molecule has 0 amide bonds. The van der Waals surface area contributed by atoms with Crippen LogP contribution in [0.1, 0.15) is 30.9 Å². The van der Waals surface area contributed by atoms with Crippen LogP contribution in [0.15, 0.2) is 48.2 Å². The number of halogens is 2. The quantitative estimate of drug-likeness (QED) is 0.442. The molecule has 1 aliphatic rings. The van der Waals surface area contributed by atoms with Gasteiger partial charge in [0.15, 0.2) is 5.76 Å². The summed E-state index contributed by atoms with van der Waals surface area (Å²) in [5, 5.41) is 3.41. The Labute approximate surface area is 183 Å². The smallest absolute Gasteiger partial charge is 0.247 e. The second-order valence-corrected chi connectivity index (χ2v) is 6.85. The van der Waals surface area contributed by atoms with Crippen molar-refractivity contribution < 1.29 is 18.6 Å². The Balaban J connectivity index is 0.00000280. The lowest BCUT2D eigenvalue weighted by atomic mass is 9.88. The van der Waals surface area contributed by atoms with Crippen molar-refractivity contribution in [3.8, 4) is 11.1 Å². The monoisotopic (exact) mass is 499 g/mol. The Kier molecular flexibility index (Phi) is 7.47. The Morgan fingerprint density at radius 1 is 1.00 bits per heavy atom. The zero-order valence-corrected chi connectivity index (χ0v) is 19.2. The highest BCUT2D eigenvalue weighted by molar-refractivity contribution is 14.0. The average Bonchev–Trinajstić information content (AvgIpc) is 3.06. The predicted octanol–water partition coefficient (Wildman–Crippen LogP) is 5.14. The Morgan fingerprint density at radius 2 is 1.64 bits per heavy atom. The molecule has 6 heteroatoms. The third kappa shape index (κ3) is 3.90. The van der Waals surface area contributed by atoms with Gasteiger partial charge in [-0.15, -0.1) is 24.0 Å². The van der Waals surface area contributed by atoms with Gasteiger partial charge in [-0.05, 0) is 34.7 Å². The van der Waals surface area contributed by atoms with Gasteiger partial charge < -0.3 is 19.5 Å². The van der Waals surface area contributed by atoms with Gasteiger partial charge in [0.2, 0.25) is 5.79 Å². The highest BCUT2D eigenvalue weighted by Crippen LogP contribution is 2.41. The first-order valence-electron chi connectivity index (χ1n) is 8.99. The van der Waals surface area contributed by atoms with Gasteiger partial charge in [-0.25, -0.2) is 4.39 Å². The summed E-state index contributed by atoms with van der Waals surface area (Å²) in [5.41, 5.74) is 4.96. The fraction of sp³-hybridized carbons (Fsp3) is 0.364. The summed E-state index contributed by atoms with van der Waals surface area (Å²) >= 11 is 0. The van der Waals surface area contributed by atoms with Gasteiger partial charge >= 0.3 is 0 Å². The van der Waals surface area contributed by atoms with Gasteiger partial charge in [0.1, 0.15) is 5.82 Å². The highest BCUT2D eigenvalue weighted by atomic mass is 127. The van der Waals surface area contributed by atoms with Gasteiger partial charge in [0.25, 0.3) is 0 Å². The van der Waals surface area contributed by atoms with Crippen molar-refractivity contribution >= 4 is 29.7 Å². The van der Waals surface area contributed by atoms with Crippen molar-refractivity contribution in [2.45, 2.75) is 25.6 Å². The van der Waals surface area contributed by atoms with Gasteiger partial charge in [-0.2, -0.15) is 0 Å². The van der Waals surface area contributed by atoms with Crippen molar-refractivity contribution in [1.82, 2.24) is 5.32 Å². The van der Waals surface area contributed by atoms with E-state index in [9.17, 15) is 4.39 Å². The van der Waals surface area contributed by atoms with E-state index in [0.29, 0.717) is 12.3 Å². The van der Waals surface area contributed by atoms with E-state index >= 15 is 0 Å². The normalized spacial score (nSPS) is 15.4. The number of ether oxygens (including phenoxy) is 3. The Morgan fingerprint density at radius 3 is 2.18 bits per heavy atom. The second-order valence-electron chi connectivity index (χ2n) is 6.85. The molecule has 0 atom stereocenters. The van der Waals surface area contributed by atoms with Gasteiger partial charge in [0, 0.05) is 19.8 Å². The third-order valence-electron chi connectivity index (χ3n) is 5.06. The molecule has 1 N–H and O–H groups in total. The van der Waals surface area contributed by atoms with E-state index in [0.717, 1.165) is 28.0 Å². The molecular formula is C22H27FINO3. The van der Waals surface area contributed by atoms with Crippen LogP contribution in [0.2, 0.25) is 0 Å². The molecular weight excluding hydrogens is 472 g/mol. The van der Waals surface area contributed by atoms with Crippen LogP contribution in [-0.2, 0) is 14.2 Å². The summed E-state index contributed by atoms with van der Waals surface area (Å²) in [6.45, 7) is 4.73. The molecule has 152 valence electrons. The van der Waals surface area contributed by atoms with Crippen LogP contribution in [0.4, 0.5) is 4.39 Å². The van der Waals surface area contributed by atoms with Crippen molar-refractivity contribution in [3.63, 3.8) is 0 Å². The lowest BCUT2D eigenvalue weighted by Gasteiger charge is -2.27. The first kappa shape index (κ1) is 22.6. The van der Waals surface area contributed by atoms with Crippen LogP contribution in [0.5, 0.6) is 0 Å². The summed E-state index contributed by atoms with van der Waals surface area (Å²) in [5.74, 6) is -0.348. The zero-order valence-electron chi connectivity index (χ0n) is 16.8. The molecule has 0 saturated heterocycles. The molecule has 4 nitrogen and oxygen atoms in total. The van der Waals surface area contributed by atoms with Crippen LogP contribution in [0.25, 0.3) is 16.8 Å². The third-order valence-corrected chi connectivity index (χ3v) is 5.06. The van der Waals surface area contributed by atoms with Crippen LogP contribution in [0, 0.1) is 5.82 Å². The van der Waals surface area contributed by atoms with E-state index in [2.05, 4.69) is 25.2 Å². The summed E-state index contributed by atoms with van der Waals surface area (Å²) in [7, 11) is 4.81. The van der Waals surface area contributed by atoms with Crippen molar-refractivity contribution in [2.75, 3.05) is 27.9 Å². The standard InChI is InChI=1S/C22H26FNO3.HI/c1-14(2)17-7-6-8-18(15-9-11-16(23)12-10-15)19(17)20-21(25-3)22(26-4,27-5)13-24-20;/h6-12,14,24H,13H2,1-5H3;1H. The Bertz CT molecular complexity index is 845. The molecule has 0 fully saturated rings. The van der Waals surface area contributed by atoms with E-state index in [-0.39, 0.29) is 35.7 Å². The van der Waals surface area contributed by atoms with Gasteiger partial charge in [0.05, 0.1) is 19.4 Å². The molecule has 0 spiro atoms. The maximum absolute atomic E-state index is 13.4. The average molecular weight is 499 g/mol. The van der Waals surface area contributed by atoms with Gasteiger partial charge in [-0.1, -0.05) is 44.2 Å². The maximum atomic E-state index is 13.4. The summed E-state index contributed by atoms with van der Waals surface area (Å²) in [6.07, 6.45) is 0. The minimum absolute atomic E-state index is 0. The van der Waals surface area contributed by atoms with E-state index in [1.165, 1.54) is 12.1 Å². The second kappa shape index (κ2) is 9.24. The van der Waals surface area contributed by atoms with Gasteiger partial charge in [-0.3, -0.25) is 0 Å².